The zero-order chi connectivity index (χ0) is 13.6. The highest BCUT2D eigenvalue weighted by Gasteiger charge is 2.20. The van der Waals surface area contributed by atoms with Crippen molar-refractivity contribution in [3.05, 3.63) is 45.1 Å². The molecule has 4 nitrogen and oxygen atoms in total. The first kappa shape index (κ1) is 12.0. The monoisotopic (exact) mass is 275 g/mol. The van der Waals surface area contributed by atoms with Gasteiger partial charge < -0.3 is 9.15 Å². The average molecular weight is 276 g/mol. The third-order valence-electron chi connectivity index (χ3n) is 2.90. The fourth-order valence-electron chi connectivity index (χ4n) is 1.99. The molecule has 1 aromatic carbocycles. The second kappa shape index (κ2) is 4.24. The number of halogens is 1. The average Bonchev–Trinajstić information content (AvgIpc) is 2.38. The van der Waals surface area contributed by atoms with Crippen LogP contribution in [-0.2, 0) is 0 Å². The van der Waals surface area contributed by atoms with Gasteiger partial charge in [0.05, 0.1) is 12.1 Å². The minimum absolute atomic E-state index is 0.0686. The molecule has 0 saturated carbocycles. The molecule has 0 atom stereocenters. The van der Waals surface area contributed by atoms with Gasteiger partial charge in [0.1, 0.15) is 11.2 Å². The van der Waals surface area contributed by atoms with E-state index < -0.39 is 5.43 Å². The number of rotatable bonds is 1. The van der Waals surface area contributed by atoms with Gasteiger partial charge in [-0.25, -0.2) is 4.98 Å². The lowest BCUT2D eigenvalue weighted by Crippen LogP contribution is -2.09. The molecule has 96 valence electrons. The molecule has 1 aromatic rings. The Kier molecular flexibility index (Phi) is 2.68. The summed E-state index contributed by atoms with van der Waals surface area (Å²) in [5, 5.41) is 0.0686. The van der Waals surface area contributed by atoms with Gasteiger partial charge in [0.15, 0.2) is 11.3 Å². The lowest BCUT2D eigenvalue weighted by atomic mass is 10.2. The number of aryl methyl sites for hydroxylation is 1. The maximum Gasteiger partial charge on any atom is 0.242 e. The van der Waals surface area contributed by atoms with Crippen LogP contribution in [-0.4, -0.2) is 12.1 Å². The van der Waals surface area contributed by atoms with Crippen molar-refractivity contribution in [2.24, 2.45) is 0 Å². The smallest absolute Gasteiger partial charge is 0.242 e. The molecular formula is C14H10ClNO3. The molecule has 1 aliphatic carbocycles. The number of ether oxygens (including phenoxy) is 1. The number of hydrogen-bond acceptors (Lipinski definition) is 4. The number of nitrogens with zero attached hydrogens (tertiary/aromatic N) is 1. The summed E-state index contributed by atoms with van der Waals surface area (Å²) in [5.41, 5.74) is 2.49. The van der Waals surface area contributed by atoms with E-state index in [4.69, 9.17) is 20.8 Å². The standard InChI is InChI=1S/C14H10ClNO3/c1-7-3-4-11-9(5-7)16-10-6-8(15)12(17)14(18-2)13(10)19-11/h3-6H,1-2H3. The summed E-state index contributed by atoms with van der Waals surface area (Å²) in [7, 11) is 1.40. The maximum absolute atomic E-state index is 11.9. The van der Waals surface area contributed by atoms with Crippen LogP contribution in [0.4, 0.5) is 0 Å². The maximum atomic E-state index is 11.9. The van der Waals surface area contributed by atoms with Crippen molar-refractivity contribution < 1.29 is 9.15 Å². The molecule has 0 saturated heterocycles. The number of aromatic nitrogens is 1. The summed E-state index contributed by atoms with van der Waals surface area (Å²) in [4.78, 5) is 16.3. The van der Waals surface area contributed by atoms with E-state index in [1.165, 1.54) is 13.2 Å². The van der Waals surface area contributed by atoms with Crippen molar-refractivity contribution in [1.29, 1.82) is 0 Å². The molecule has 0 unspecified atom stereocenters. The number of fused-ring (bicyclic) bond motifs is 2. The Bertz CT molecular complexity index is 810. The Hall–Kier alpha value is -2.07. The van der Waals surface area contributed by atoms with Gasteiger partial charge in [-0.2, -0.15) is 0 Å². The first-order chi connectivity index (χ1) is 9.10. The second-order valence-electron chi connectivity index (χ2n) is 4.25. The summed E-state index contributed by atoms with van der Waals surface area (Å²) in [5.74, 6) is 0.394. The van der Waals surface area contributed by atoms with Gasteiger partial charge in [-0.3, -0.25) is 4.79 Å². The Morgan fingerprint density at radius 3 is 2.84 bits per heavy atom. The number of benzene rings is 2. The molecule has 3 rings (SSSR count). The number of hydrogen-bond donors (Lipinski definition) is 0. The van der Waals surface area contributed by atoms with Crippen LogP contribution in [0.5, 0.6) is 5.75 Å². The molecule has 0 fully saturated rings. The van der Waals surface area contributed by atoms with Crippen molar-refractivity contribution in [2.75, 3.05) is 7.11 Å². The highest BCUT2D eigenvalue weighted by molar-refractivity contribution is 6.31. The lowest BCUT2D eigenvalue weighted by molar-refractivity contribution is 0.398. The van der Waals surface area contributed by atoms with E-state index in [2.05, 4.69) is 4.98 Å². The topological polar surface area (TPSA) is 52.3 Å². The fourth-order valence-corrected chi connectivity index (χ4v) is 2.18. The van der Waals surface area contributed by atoms with Crippen molar-refractivity contribution in [1.82, 2.24) is 4.98 Å². The summed E-state index contributed by atoms with van der Waals surface area (Å²) in [6, 6.07) is 7.13. The largest absolute Gasteiger partial charge is 0.489 e. The zero-order valence-electron chi connectivity index (χ0n) is 10.4. The van der Waals surface area contributed by atoms with Gasteiger partial charge in [-0.1, -0.05) is 17.7 Å². The minimum Gasteiger partial charge on any atom is -0.489 e. The minimum atomic E-state index is -0.395. The van der Waals surface area contributed by atoms with Crippen LogP contribution in [0.25, 0.3) is 22.6 Å². The first-order valence-electron chi connectivity index (χ1n) is 5.68. The van der Waals surface area contributed by atoms with E-state index in [1.807, 2.05) is 25.1 Å². The predicted octanol–water partition coefficient (Wildman–Crippen LogP) is 3.26. The third-order valence-corrected chi connectivity index (χ3v) is 3.18. The molecule has 1 aliphatic heterocycles. The van der Waals surface area contributed by atoms with Crippen LogP contribution >= 0.6 is 11.6 Å². The first-order valence-corrected chi connectivity index (χ1v) is 6.05. The van der Waals surface area contributed by atoms with Crippen molar-refractivity contribution in [3.63, 3.8) is 0 Å². The van der Waals surface area contributed by atoms with Crippen molar-refractivity contribution in [2.45, 2.75) is 6.92 Å². The molecule has 1 heterocycles. The molecule has 0 aromatic heterocycles. The Labute approximate surface area is 113 Å². The van der Waals surface area contributed by atoms with E-state index in [0.717, 1.165) is 5.56 Å². The van der Waals surface area contributed by atoms with Gasteiger partial charge in [-0.15, -0.1) is 0 Å². The van der Waals surface area contributed by atoms with Crippen LogP contribution < -0.4 is 10.2 Å². The van der Waals surface area contributed by atoms with Crippen LogP contribution in [0, 0.1) is 6.92 Å². The van der Waals surface area contributed by atoms with E-state index in [0.29, 0.717) is 22.6 Å². The molecular weight excluding hydrogens is 266 g/mol. The van der Waals surface area contributed by atoms with Gasteiger partial charge in [-0.05, 0) is 30.7 Å². The summed E-state index contributed by atoms with van der Waals surface area (Å²) in [6.45, 7) is 1.97. The number of methoxy groups -OCH3 is 1. The van der Waals surface area contributed by atoms with Gasteiger partial charge in [0, 0.05) is 0 Å². The summed E-state index contributed by atoms with van der Waals surface area (Å²) < 4.78 is 10.8. The Balaban J connectivity index is 2.48. The molecule has 5 heteroatoms. The van der Waals surface area contributed by atoms with Crippen LogP contribution in [0.3, 0.4) is 0 Å². The molecule has 2 aliphatic rings. The quantitative estimate of drug-likeness (QED) is 0.640. The highest BCUT2D eigenvalue weighted by atomic mass is 35.5. The van der Waals surface area contributed by atoms with Gasteiger partial charge in [0.2, 0.25) is 11.2 Å². The van der Waals surface area contributed by atoms with Crippen LogP contribution in [0.2, 0.25) is 5.02 Å². The second-order valence-corrected chi connectivity index (χ2v) is 4.66. The van der Waals surface area contributed by atoms with Crippen LogP contribution in [0.1, 0.15) is 5.56 Å². The molecule has 0 amide bonds. The van der Waals surface area contributed by atoms with E-state index in [-0.39, 0.29) is 10.8 Å². The highest BCUT2D eigenvalue weighted by Crippen LogP contribution is 2.32. The molecule has 0 spiro atoms. The molecule has 0 radical (unpaired) electrons. The van der Waals surface area contributed by atoms with Gasteiger partial charge >= 0.3 is 0 Å². The molecule has 0 N–H and O–H groups in total. The predicted molar refractivity (Wildman–Crippen MR) is 73.2 cm³/mol. The Morgan fingerprint density at radius 1 is 1.32 bits per heavy atom. The van der Waals surface area contributed by atoms with Crippen molar-refractivity contribution >= 4 is 22.7 Å². The van der Waals surface area contributed by atoms with E-state index in [1.54, 1.807) is 0 Å². The van der Waals surface area contributed by atoms with Crippen LogP contribution in [0.15, 0.2) is 33.5 Å². The normalized spacial score (nSPS) is 11.1. The molecule has 0 bridgehead atoms. The van der Waals surface area contributed by atoms with Crippen molar-refractivity contribution in [3.8, 4) is 17.2 Å². The Morgan fingerprint density at radius 2 is 2.11 bits per heavy atom. The fraction of sp³-hybridized carbons (Fsp3) is 0.143. The van der Waals surface area contributed by atoms with E-state index in [9.17, 15) is 4.79 Å². The lowest BCUT2D eigenvalue weighted by Gasteiger charge is -2.10. The van der Waals surface area contributed by atoms with E-state index >= 15 is 0 Å². The summed E-state index contributed by atoms with van der Waals surface area (Å²) in [6.07, 6.45) is 0. The SMILES string of the molecule is COc1c2oc3ccc(C)cc3nc-2cc(Cl)c1=O. The third kappa shape index (κ3) is 1.85. The zero-order valence-corrected chi connectivity index (χ0v) is 11.1. The van der Waals surface area contributed by atoms with Gasteiger partial charge in [0.25, 0.3) is 0 Å². The molecule has 19 heavy (non-hydrogen) atoms. The summed E-state index contributed by atoms with van der Waals surface area (Å²) >= 11 is 5.88.